The van der Waals surface area contributed by atoms with Crippen LogP contribution in [-0.4, -0.2) is 38.0 Å². The lowest BCUT2D eigenvalue weighted by molar-refractivity contribution is -0.142. The van der Waals surface area contributed by atoms with Crippen LogP contribution in [-0.2, 0) is 16.0 Å². The van der Waals surface area contributed by atoms with Crippen molar-refractivity contribution in [2.24, 2.45) is 5.10 Å². The maximum absolute atomic E-state index is 11.4. The smallest absolute Gasteiger partial charge is 0.311 e. The van der Waals surface area contributed by atoms with Gasteiger partial charge in [0.15, 0.2) is 0 Å². The van der Waals surface area contributed by atoms with Crippen molar-refractivity contribution in [3.8, 4) is 11.5 Å². The van der Waals surface area contributed by atoms with Gasteiger partial charge in [-0.25, -0.2) is 4.98 Å². The number of rotatable bonds is 8. The summed E-state index contributed by atoms with van der Waals surface area (Å²) < 4.78 is 15.3. The van der Waals surface area contributed by atoms with Gasteiger partial charge in [0.25, 0.3) is 0 Å². The van der Waals surface area contributed by atoms with E-state index in [2.05, 4.69) is 15.5 Å². The fourth-order valence-electron chi connectivity index (χ4n) is 1.88. The van der Waals surface area contributed by atoms with E-state index in [0.717, 1.165) is 5.56 Å². The fraction of sp³-hybridized carbons (Fsp3) is 0.312. The molecule has 1 heterocycles. The standard InChI is InChI=1S/C16H19N3O4S/c1-4-23-15(20)7-12-10-24-16(18-12)19-17-9-11-5-6-13(21-2)8-14(11)22-3/h5-6,8-10H,4,7H2,1-3H3,(H,18,19)/b17-9-. The van der Waals surface area contributed by atoms with Gasteiger partial charge in [-0.15, -0.1) is 11.3 Å². The molecule has 0 aliphatic rings. The van der Waals surface area contributed by atoms with Crippen LogP contribution in [0.2, 0.25) is 0 Å². The van der Waals surface area contributed by atoms with Crippen molar-refractivity contribution in [2.75, 3.05) is 26.3 Å². The molecular weight excluding hydrogens is 330 g/mol. The molecule has 0 unspecified atom stereocenters. The summed E-state index contributed by atoms with van der Waals surface area (Å²) in [7, 11) is 3.18. The van der Waals surface area contributed by atoms with Gasteiger partial charge in [-0.05, 0) is 19.1 Å². The molecule has 128 valence electrons. The van der Waals surface area contributed by atoms with E-state index in [9.17, 15) is 4.79 Å². The SMILES string of the molecule is CCOC(=O)Cc1csc(N/N=C\c2ccc(OC)cc2OC)n1. The summed E-state index contributed by atoms with van der Waals surface area (Å²) in [5.74, 6) is 1.07. The molecule has 0 spiro atoms. The number of nitrogens with one attached hydrogen (secondary N) is 1. The van der Waals surface area contributed by atoms with Crippen LogP contribution in [0.5, 0.6) is 11.5 Å². The molecule has 24 heavy (non-hydrogen) atoms. The third kappa shape index (κ3) is 4.95. The highest BCUT2D eigenvalue weighted by molar-refractivity contribution is 7.13. The molecule has 0 saturated heterocycles. The van der Waals surface area contributed by atoms with Crippen molar-refractivity contribution < 1.29 is 19.0 Å². The summed E-state index contributed by atoms with van der Waals surface area (Å²) in [6.45, 7) is 2.14. The predicted octanol–water partition coefficient (Wildman–Crippen LogP) is 2.71. The Morgan fingerprint density at radius 1 is 1.38 bits per heavy atom. The Kier molecular flexibility index (Phi) is 6.56. The van der Waals surface area contributed by atoms with Crippen LogP contribution in [0.15, 0.2) is 28.7 Å². The number of hydrogen-bond acceptors (Lipinski definition) is 8. The first-order valence-corrected chi connectivity index (χ1v) is 8.15. The van der Waals surface area contributed by atoms with E-state index in [4.69, 9.17) is 14.2 Å². The number of hydrazone groups is 1. The van der Waals surface area contributed by atoms with E-state index in [1.165, 1.54) is 11.3 Å². The Labute approximate surface area is 144 Å². The van der Waals surface area contributed by atoms with Crippen LogP contribution in [0.25, 0.3) is 0 Å². The fourth-order valence-corrected chi connectivity index (χ4v) is 2.54. The van der Waals surface area contributed by atoms with Crippen molar-refractivity contribution in [1.29, 1.82) is 0 Å². The van der Waals surface area contributed by atoms with Gasteiger partial charge in [0.1, 0.15) is 11.5 Å². The van der Waals surface area contributed by atoms with Crippen LogP contribution in [0.4, 0.5) is 5.13 Å². The van der Waals surface area contributed by atoms with Crippen molar-refractivity contribution in [2.45, 2.75) is 13.3 Å². The van der Waals surface area contributed by atoms with Crippen molar-refractivity contribution >= 4 is 28.7 Å². The van der Waals surface area contributed by atoms with Gasteiger partial charge in [0.05, 0.1) is 39.2 Å². The number of nitrogens with zero attached hydrogens (tertiary/aromatic N) is 2. The lowest BCUT2D eigenvalue weighted by Crippen LogP contribution is -2.07. The second-order valence-corrected chi connectivity index (χ2v) is 5.46. The molecule has 1 N–H and O–H groups in total. The summed E-state index contributed by atoms with van der Waals surface area (Å²) >= 11 is 1.37. The summed E-state index contributed by atoms with van der Waals surface area (Å²) in [4.78, 5) is 15.7. The average molecular weight is 349 g/mol. The summed E-state index contributed by atoms with van der Waals surface area (Å²) in [6, 6.07) is 5.45. The lowest BCUT2D eigenvalue weighted by atomic mass is 10.2. The van der Waals surface area contributed by atoms with Crippen molar-refractivity contribution in [1.82, 2.24) is 4.98 Å². The van der Waals surface area contributed by atoms with Crippen LogP contribution in [0.3, 0.4) is 0 Å². The minimum Gasteiger partial charge on any atom is -0.497 e. The molecular formula is C16H19N3O4S. The molecule has 8 heteroatoms. The number of methoxy groups -OCH3 is 2. The quantitative estimate of drug-likeness (QED) is 0.448. The van der Waals surface area contributed by atoms with E-state index < -0.39 is 0 Å². The number of aromatic nitrogens is 1. The second kappa shape index (κ2) is 8.88. The number of carbonyl (C=O) groups is 1. The molecule has 0 radical (unpaired) electrons. The molecule has 0 aliphatic heterocycles. The Morgan fingerprint density at radius 3 is 2.92 bits per heavy atom. The third-order valence-corrected chi connectivity index (χ3v) is 3.78. The van der Waals surface area contributed by atoms with Gasteiger partial charge < -0.3 is 14.2 Å². The Morgan fingerprint density at radius 2 is 2.21 bits per heavy atom. The van der Waals surface area contributed by atoms with Crippen LogP contribution in [0, 0.1) is 0 Å². The van der Waals surface area contributed by atoms with Gasteiger partial charge in [0.2, 0.25) is 5.13 Å². The van der Waals surface area contributed by atoms with E-state index >= 15 is 0 Å². The molecule has 0 bridgehead atoms. The van der Waals surface area contributed by atoms with Gasteiger partial charge in [-0.1, -0.05) is 0 Å². The van der Waals surface area contributed by atoms with Gasteiger partial charge in [0, 0.05) is 17.0 Å². The maximum atomic E-state index is 11.4. The van der Waals surface area contributed by atoms with E-state index in [1.807, 2.05) is 12.1 Å². The first-order valence-electron chi connectivity index (χ1n) is 7.27. The number of hydrogen-bond donors (Lipinski definition) is 1. The number of carbonyl (C=O) groups excluding carboxylic acids is 1. The Hall–Kier alpha value is -2.61. The molecule has 2 aromatic rings. The summed E-state index contributed by atoms with van der Waals surface area (Å²) in [5.41, 5.74) is 4.29. The highest BCUT2D eigenvalue weighted by Gasteiger charge is 2.08. The topological polar surface area (TPSA) is 82.0 Å². The molecule has 0 atom stereocenters. The summed E-state index contributed by atoms with van der Waals surface area (Å²) in [6.07, 6.45) is 1.78. The minimum atomic E-state index is -0.291. The highest BCUT2D eigenvalue weighted by Crippen LogP contribution is 2.23. The average Bonchev–Trinajstić information content (AvgIpc) is 3.02. The van der Waals surface area contributed by atoms with Crippen molar-refractivity contribution in [3.05, 3.63) is 34.8 Å². The molecule has 0 saturated carbocycles. The third-order valence-electron chi connectivity index (χ3n) is 2.99. The Bertz CT molecular complexity index is 715. The van der Waals surface area contributed by atoms with Crippen LogP contribution in [0.1, 0.15) is 18.2 Å². The zero-order chi connectivity index (χ0) is 17.4. The molecule has 0 amide bonds. The van der Waals surface area contributed by atoms with Crippen LogP contribution >= 0.6 is 11.3 Å². The van der Waals surface area contributed by atoms with Gasteiger partial charge in [-0.3, -0.25) is 10.2 Å². The molecule has 7 nitrogen and oxygen atoms in total. The maximum Gasteiger partial charge on any atom is 0.311 e. The number of anilines is 1. The zero-order valence-corrected chi connectivity index (χ0v) is 14.6. The molecule has 1 aromatic carbocycles. The van der Waals surface area contributed by atoms with E-state index in [-0.39, 0.29) is 12.4 Å². The van der Waals surface area contributed by atoms with Gasteiger partial charge in [-0.2, -0.15) is 5.10 Å². The lowest BCUT2D eigenvalue weighted by Gasteiger charge is -2.06. The zero-order valence-electron chi connectivity index (χ0n) is 13.7. The first-order chi connectivity index (χ1) is 11.7. The summed E-state index contributed by atoms with van der Waals surface area (Å²) in [5, 5.41) is 6.53. The van der Waals surface area contributed by atoms with Crippen LogP contribution < -0.4 is 14.9 Å². The van der Waals surface area contributed by atoms with E-state index in [1.54, 1.807) is 38.8 Å². The number of esters is 1. The normalized spacial score (nSPS) is 10.6. The molecule has 2 rings (SSSR count). The number of ether oxygens (including phenoxy) is 3. The monoisotopic (exact) mass is 349 g/mol. The largest absolute Gasteiger partial charge is 0.497 e. The minimum absolute atomic E-state index is 0.155. The highest BCUT2D eigenvalue weighted by atomic mass is 32.1. The predicted molar refractivity (Wildman–Crippen MR) is 93.2 cm³/mol. The van der Waals surface area contributed by atoms with Gasteiger partial charge >= 0.3 is 5.97 Å². The molecule has 0 fully saturated rings. The second-order valence-electron chi connectivity index (χ2n) is 4.60. The number of thiazole rings is 1. The first kappa shape index (κ1) is 17.7. The Balaban J connectivity index is 1.97. The molecule has 1 aromatic heterocycles. The number of benzene rings is 1. The molecule has 0 aliphatic carbocycles. The van der Waals surface area contributed by atoms with E-state index in [0.29, 0.717) is 28.9 Å². The van der Waals surface area contributed by atoms with Crippen molar-refractivity contribution in [3.63, 3.8) is 0 Å².